The molecule has 7 heteroatoms. The van der Waals surface area contributed by atoms with Crippen LogP contribution in [-0.4, -0.2) is 18.4 Å². The van der Waals surface area contributed by atoms with Gasteiger partial charge >= 0.3 is 0 Å². The number of hydrogen-bond acceptors (Lipinski definition) is 2. The van der Waals surface area contributed by atoms with Crippen LogP contribution in [0.4, 0.5) is 0 Å². The fourth-order valence-electron chi connectivity index (χ4n) is 9.93. The molecule has 0 aliphatic heterocycles. The quantitative estimate of drug-likeness (QED) is 0.130. The number of benzene rings is 8. The minimum absolute atomic E-state index is 0. The summed E-state index contributed by atoms with van der Waals surface area (Å²) in [5.74, 6) is 2.01. The summed E-state index contributed by atoms with van der Waals surface area (Å²) in [5.41, 5.74) is 10.4. The van der Waals surface area contributed by atoms with Gasteiger partial charge in [-0.15, -0.1) is 29.7 Å². The number of aromatic nitrogens is 5. The Balaban J connectivity index is 0.00000444. The van der Waals surface area contributed by atoms with Gasteiger partial charge in [-0.2, -0.15) is 18.2 Å². The van der Waals surface area contributed by atoms with Crippen molar-refractivity contribution in [2.45, 2.75) is 26.2 Å². The molecule has 5 heterocycles. The van der Waals surface area contributed by atoms with Gasteiger partial charge in [-0.05, 0) is 74.6 Å². The maximum Gasteiger partial charge on any atom is 0.268 e. The minimum atomic E-state index is -0.0310. The van der Waals surface area contributed by atoms with Crippen LogP contribution >= 0.6 is 0 Å². The summed E-state index contributed by atoms with van der Waals surface area (Å²) < 4.78 is 15.7. The Labute approximate surface area is 389 Å². The van der Waals surface area contributed by atoms with Crippen LogP contribution in [0.5, 0.6) is 11.5 Å². The summed E-state index contributed by atoms with van der Waals surface area (Å²) in [5, 5.41) is 9.31. The van der Waals surface area contributed by atoms with Crippen molar-refractivity contribution in [1.29, 1.82) is 0 Å². The van der Waals surface area contributed by atoms with E-state index in [4.69, 9.17) is 9.72 Å². The van der Waals surface area contributed by atoms with Crippen molar-refractivity contribution in [3.05, 3.63) is 206 Å². The predicted molar refractivity (Wildman–Crippen MR) is 260 cm³/mol. The first-order valence-corrected chi connectivity index (χ1v) is 21.7. The van der Waals surface area contributed by atoms with E-state index in [9.17, 15) is 0 Å². The Hall–Kier alpha value is -7.53. The summed E-state index contributed by atoms with van der Waals surface area (Å²) >= 11 is 0. The normalized spacial score (nSPS) is 12.1. The van der Waals surface area contributed by atoms with Gasteiger partial charge in [0.25, 0.3) is 6.33 Å². The third-order valence-corrected chi connectivity index (χ3v) is 12.9. The van der Waals surface area contributed by atoms with E-state index in [1.54, 1.807) is 0 Å². The molecule has 0 saturated carbocycles. The molecule has 0 saturated heterocycles. The molecular weight excluding hydrogens is 978 g/mol. The average Bonchev–Trinajstić information content (AvgIpc) is 3.99. The maximum absolute atomic E-state index is 6.70. The molecule has 314 valence electrons. The van der Waals surface area contributed by atoms with Crippen LogP contribution in [-0.2, 0) is 26.5 Å². The van der Waals surface area contributed by atoms with E-state index in [0.717, 1.165) is 71.7 Å². The number of ether oxygens (including phenoxy) is 1. The second kappa shape index (κ2) is 14.8. The molecule has 0 aliphatic rings. The van der Waals surface area contributed by atoms with Crippen molar-refractivity contribution in [1.82, 2.24) is 18.4 Å². The van der Waals surface area contributed by atoms with Gasteiger partial charge in [-0.25, -0.2) is 4.98 Å². The van der Waals surface area contributed by atoms with Crippen molar-refractivity contribution in [2.75, 3.05) is 0 Å². The molecule has 13 rings (SSSR count). The predicted octanol–water partition coefficient (Wildman–Crippen LogP) is 13.8. The van der Waals surface area contributed by atoms with Gasteiger partial charge in [-0.1, -0.05) is 135 Å². The van der Waals surface area contributed by atoms with Crippen LogP contribution in [0.25, 0.3) is 98.7 Å². The summed E-state index contributed by atoms with van der Waals surface area (Å²) in [6.45, 7) is 6.68. The molecule has 0 atom stereocenters. The number of imidazole rings is 1. The number of para-hydroxylation sites is 5. The van der Waals surface area contributed by atoms with E-state index >= 15 is 0 Å². The summed E-state index contributed by atoms with van der Waals surface area (Å²) in [6.07, 6.45) is 5.73. The van der Waals surface area contributed by atoms with E-state index in [0.29, 0.717) is 11.5 Å². The molecule has 0 radical (unpaired) electrons. The van der Waals surface area contributed by atoms with E-state index < -0.39 is 0 Å². The molecule has 0 spiro atoms. The van der Waals surface area contributed by atoms with E-state index in [1.165, 1.54) is 32.6 Å². The van der Waals surface area contributed by atoms with Crippen molar-refractivity contribution in [2.24, 2.45) is 0 Å². The van der Waals surface area contributed by atoms with Crippen LogP contribution in [0.15, 0.2) is 182 Å². The Kier molecular flexibility index (Phi) is 8.88. The van der Waals surface area contributed by atoms with Crippen LogP contribution in [0.1, 0.15) is 26.3 Å². The molecule has 0 bridgehead atoms. The largest absolute Gasteiger partial charge is 0.510 e. The Morgan fingerprint density at radius 3 is 1.86 bits per heavy atom. The third-order valence-electron chi connectivity index (χ3n) is 12.9. The number of rotatable bonds is 4. The molecule has 0 unspecified atom stereocenters. The zero-order valence-electron chi connectivity index (χ0n) is 35.8. The van der Waals surface area contributed by atoms with Gasteiger partial charge in [0.15, 0.2) is 0 Å². The van der Waals surface area contributed by atoms with Crippen LogP contribution in [0.3, 0.4) is 0 Å². The fraction of sp³-hybridized carbons (Fsp3) is 0.0690. The number of pyridine rings is 1. The van der Waals surface area contributed by atoms with Gasteiger partial charge < -0.3 is 18.3 Å². The zero-order valence-corrected chi connectivity index (χ0v) is 38.1. The standard InChI is InChI=1S/C58H39N5O.Pt/c1-58(2,3)37-31-32-59-55(33-37)62-50-25-10-7-20-44(50)46-30-29-40(35-54(46)62)64-39-16-12-15-38(34-39)60-36-61-49-24-9-6-19-43(49)41-17-4-5-18-42(41)47-22-13-23-48-45-21-8-11-26-51(45)63(56(47)48)53-28-14-27-52(60)57(53)61;/h4-33H,1-3H3;/q-2;. The summed E-state index contributed by atoms with van der Waals surface area (Å²) in [7, 11) is 0. The number of hydrogen-bond donors (Lipinski definition) is 0. The number of nitrogens with zero attached hydrogens (tertiary/aromatic N) is 5. The van der Waals surface area contributed by atoms with Crippen molar-refractivity contribution >= 4 is 87.2 Å². The smallest absolute Gasteiger partial charge is 0.268 e. The van der Waals surface area contributed by atoms with Gasteiger partial charge in [0.05, 0.1) is 27.6 Å². The topological polar surface area (TPSA) is 39.8 Å². The third kappa shape index (κ3) is 5.97. The first kappa shape index (κ1) is 39.1. The Morgan fingerprint density at radius 1 is 0.508 bits per heavy atom. The SMILES string of the molecule is CC(C)(C)c1ccnc(-n2c3[c-]c(Oc4[c-]c(-[n+]5[c-]n6c7ccccc7c7ccccc7c7cccc8c9ccccc9n(c9cccc5c96)c78)ccc4)ccc3c3ccccc32)c1.[Pt]. The molecule has 0 amide bonds. The van der Waals surface area contributed by atoms with Crippen molar-refractivity contribution in [3.8, 4) is 23.0 Å². The molecule has 65 heavy (non-hydrogen) atoms. The van der Waals surface area contributed by atoms with Crippen LogP contribution in [0, 0.1) is 18.5 Å². The van der Waals surface area contributed by atoms with Gasteiger partial charge in [0.1, 0.15) is 11.3 Å². The zero-order chi connectivity index (χ0) is 42.7. The van der Waals surface area contributed by atoms with E-state index in [2.05, 4.69) is 215 Å². The first-order valence-electron chi connectivity index (χ1n) is 21.7. The molecule has 0 aliphatic carbocycles. The molecular formula is C58H39N5OPt-2. The average molecular weight is 1020 g/mol. The molecule has 6 nitrogen and oxygen atoms in total. The fourth-order valence-corrected chi connectivity index (χ4v) is 9.93. The van der Waals surface area contributed by atoms with Crippen LogP contribution in [0.2, 0.25) is 0 Å². The molecule has 8 aromatic carbocycles. The molecule has 5 aromatic heterocycles. The first-order chi connectivity index (χ1) is 31.4. The van der Waals surface area contributed by atoms with E-state index in [-0.39, 0.29) is 26.5 Å². The molecule has 0 N–H and O–H groups in total. The number of fused-ring (bicyclic) bond motifs is 12. The Bertz CT molecular complexity index is 4110. The second-order valence-electron chi connectivity index (χ2n) is 17.6. The monoisotopic (exact) mass is 1020 g/mol. The summed E-state index contributed by atoms with van der Waals surface area (Å²) in [4.78, 5) is 4.87. The molecule has 13 aromatic rings. The Morgan fingerprint density at radius 2 is 1.09 bits per heavy atom. The van der Waals surface area contributed by atoms with Gasteiger partial charge in [-0.3, -0.25) is 4.40 Å². The van der Waals surface area contributed by atoms with Gasteiger partial charge in [0.2, 0.25) is 0 Å². The van der Waals surface area contributed by atoms with Crippen molar-refractivity contribution < 1.29 is 30.4 Å². The maximum atomic E-state index is 6.70. The van der Waals surface area contributed by atoms with Gasteiger partial charge in [0, 0.05) is 60.4 Å². The molecule has 0 fully saturated rings. The summed E-state index contributed by atoms with van der Waals surface area (Å²) in [6, 6.07) is 69.6. The van der Waals surface area contributed by atoms with Crippen LogP contribution < -0.4 is 9.30 Å². The second-order valence-corrected chi connectivity index (χ2v) is 17.6. The van der Waals surface area contributed by atoms with Crippen molar-refractivity contribution in [3.63, 3.8) is 0 Å². The minimum Gasteiger partial charge on any atom is -0.510 e. The van der Waals surface area contributed by atoms with E-state index in [1.807, 2.05) is 24.4 Å².